The van der Waals surface area contributed by atoms with Crippen LogP contribution in [0.15, 0.2) is 109 Å². The van der Waals surface area contributed by atoms with Crippen molar-refractivity contribution in [3.05, 3.63) is 109 Å². The molecule has 0 unspecified atom stereocenters. The summed E-state index contributed by atoms with van der Waals surface area (Å²) >= 11 is 0. The van der Waals surface area contributed by atoms with Crippen molar-refractivity contribution >= 4 is 0 Å². The molecule has 23 heavy (non-hydrogen) atoms. The molecule has 0 bridgehead atoms. The molecule has 0 saturated heterocycles. The van der Waals surface area contributed by atoms with E-state index in [4.69, 9.17) is 0 Å². The summed E-state index contributed by atoms with van der Waals surface area (Å²) in [6, 6.07) is 20.0. The van der Waals surface area contributed by atoms with Crippen LogP contribution in [0.4, 0.5) is 0 Å². The Balaban J connectivity index is 0.000000188. The number of allylic oxidation sites excluding steroid dienone is 8. The van der Waals surface area contributed by atoms with Crippen molar-refractivity contribution in [2.45, 2.75) is 6.42 Å². The van der Waals surface area contributed by atoms with E-state index in [0.717, 1.165) is 0 Å². The number of hydrogen-bond acceptors (Lipinski definition) is 0. The van der Waals surface area contributed by atoms with Crippen molar-refractivity contribution in [3.8, 4) is 0 Å². The Kier molecular flexibility index (Phi) is 7.79. The second-order valence-corrected chi connectivity index (χ2v) is 5.62. The second-order valence-electron chi connectivity index (χ2n) is 5.62. The largest absolute Gasteiger partial charge is 0.748 e. The molecule has 0 spiro atoms. The maximum absolute atomic E-state index is 2.33. The maximum atomic E-state index is 2.33. The first kappa shape index (κ1) is 19.7. The Morgan fingerprint density at radius 1 is 0.565 bits per heavy atom. The summed E-state index contributed by atoms with van der Waals surface area (Å²) in [6.07, 6.45) is 19.2. The predicted octanol–water partition coefficient (Wildman–Crippen LogP) is 5.42. The van der Waals surface area contributed by atoms with Crippen LogP contribution in [0.1, 0.15) is 6.42 Å². The summed E-state index contributed by atoms with van der Waals surface area (Å²) in [5.74, 6) is 0. The zero-order chi connectivity index (χ0) is 14.4. The molecule has 128 valence electrons. The molecule has 0 nitrogen and oxygen atoms in total. The van der Waals surface area contributed by atoms with Gasteiger partial charge in [-0.3, -0.25) is 0 Å². The smallest absolute Gasteiger partial charge is 0.0205 e. The predicted molar refractivity (Wildman–Crippen MR) is 90.1 cm³/mol. The average molecular weight is 390 g/mol. The molecular weight excluding hydrogens is 370 g/mol. The van der Waals surface area contributed by atoms with Gasteiger partial charge in [-0.1, -0.05) is 48.6 Å². The molecule has 3 aliphatic carbocycles. The molecule has 0 atom stereocenters. The maximum Gasteiger partial charge on any atom is 0.0205 e. The van der Waals surface area contributed by atoms with E-state index in [2.05, 4.69) is 48.6 Å². The van der Waals surface area contributed by atoms with Crippen LogP contribution in [0.2, 0.25) is 0 Å². The minimum Gasteiger partial charge on any atom is -0.748 e. The van der Waals surface area contributed by atoms with E-state index in [1.807, 2.05) is 60.7 Å². The van der Waals surface area contributed by atoms with Crippen molar-refractivity contribution in [3.63, 3.8) is 0 Å². The SMILES string of the molecule is C1=CC23C=CC=CC2(C=C1)C3.[Co].[Co].[cH-]1[cH-][cH-][cH-][cH-]1.c1cc[cH-]c1. The number of hydrogen-bond donors (Lipinski definition) is 0. The molecule has 0 heterocycles. The van der Waals surface area contributed by atoms with Crippen LogP contribution in [-0.2, 0) is 33.6 Å². The molecule has 3 aliphatic rings. The van der Waals surface area contributed by atoms with Gasteiger partial charge in [-0.25, -0.2) is 12.1 Å². The minimum atomic E-state index is 0. The van der Waals surface area contributed by atoms with Crippen LogP contribution >= 0.6 is 0 Å². The molecule has 1 fully saturated rings. The van der Waals surface area contributed by atoms with E-state index in [1.165, 1.54) is 6.42 Å². The monoisotopic (exact) mass is 390 g/mol. The molecule has 1 saturated carbocycles. The van der Waals surface area contributed by atoms with E-state index in [0.29, 0.717) is 10.8 Å². The van der Waals surface area contributed by atoms with E-state index in [-0.39, 0.29) is 33.6 Å². The Hall–Kier alpha value is -1.33. The van der Waals surface area contributed by atoms with Gasteiger partial charge in [-0.15, -0.1) is 0 Å². The van der Waals surface area contributed by atoms with Gasteiger partial charge >= 0.3 is 0 Å². The molecular formula is C21H20Co2-6. The van der Waals surface area contributed by atoms with Crippen LogP contribution in [0.25, 0.3) is 0 Å². The van der Waals surface area contributed by atoms with Gasteiger partial charge < -0.3 is 30.3 Å². The molecule has 2 aromatic rings. The summed E-state index contributed by atoms with van der Waals surface area (Å²) in [5.41, 5.74) is 0.771. The quantitative estimate of drug-likeness (QED) is 0.527. The first-order chi connectivity index (χ1) is 10.4. The topological polar surface area (TPSA) is 0 Å². The third kappa shape index (κ3) is 4.58. The van der Waals surface area contributed by atoms with Crippen LogP contribution in [0, 0.1) is 10.8 Å². The Morgan fingerprint density at radius 2 is 0.913 bits per heavy atom. The average Bonchev–Trinajstić information content (AvgIpc) is 3.01. The first-order valence-corrected chi connectivity index (χ1v) is 7.45. The van der Waals surface area contributed by atoms with Crippen molar-refractivity contribution in [1.29, 1.82) is 0 Å². The van der Waals surface area contributed by atoms with Crippen molar-refractivity contribution in [1.82, 2.24) is 0 Å². The van der Waals surface area contributed by atoms with E-state index in [9.17, 15) is 0 Å². The van der Waals surface area contributed by atoms with Gasteiger partial charge in [-0.2, -0.15) is 18.2 Å². The molecule has 2 radical (unpaired) electrons. The Morgan fingerprint density at radius 3 is 1.17 bits per heavy atom. The summed E-state index contributed by atoms with van der Waals surface area (Å²) in [5, 5.41) is 0. The Labute approximate surface area is 159 Å². The van der Waals surface area contributed by atoms with Gasteiger partial charge in [0.05, 0.1) is 0 Å². The fraction of sp³-hybridized carbons (Fsp3) is 0.143. The van der Waals surface area contributed by atoms with Crippen LogP contribution in [0.5, 0.6) is 0 Å². The van der Waals surface area contributed by atoms with Crippen molar-refractivity contribution in [2.75, 3.05) is 0 Å². The fourth-order valence-electron chi connectivity index (χ4n) is 2.96. The summed E-state index contributed by atoms with van der Waals surface area (Å²) in [6.45, 7) is 0. The van der Waals surface area contributed by atoms with Crippen molar-refractivity contribution in [2.24, 2.45) is 10.8 Å². The molecule has 2 aromatic carbocycles. The number of rotatable bonds is 0. The zero-order valence-corrected chi connectivity index (χ0v) is 14.8. The molecule has 0 aliphatic heterocycles. The van der Waals surface area contributed by atoms with Crippen molar-refractivity contribution < 1.29 is 33.6 Å². The summed E-state index contributed by atoms with van der Waals surface area (Å²) in [4.78, 5) is 0. The fourth-order valence-corrected chi connectivity index (χ4v) is 2.96. The van der Waals surface area contributed by atoms with Gasteiger partial charge in [-0.05, 0) is 6.42 Å². The summed E-state index contributed by atoms with van der Waals surface area (Å²) in [7, 11) is 0. The third-order valence-corrected chi connectivity index (χ3v) is 4.23. The van der Waals surface area contributed by atoms with Gasteiger partial charge in [0.25, 0.3) is 0 Å². The summed E-state index contributed by atoms with van der Waals surface area (Å²) < 4.78 is 0. The standard InChI is InChI=1S/C11H10.2C5H5.2Co/c1-2-6-11-8-4-3-7-10(11,5-1)9-11;2*1-2-4-5-3-1;;/h1-8H,9H2;2*1-5H;;/q;-5;-1;;. The van der Waals surface area contributed by atoms with E-state index < -0.39 is 0 Å². The first-order valence-electron chi connectivity index (χ1n) is 7.45. The molecule has 2 heteroatoms. The Bertz CT molecular complexity index is 523. The van der Waals surface area contributed by atoms with Crippen LogP contribution < -0.4 is 0 Å². The minimum absolute atomic E-state index is 0. The van der Waals surface area contributed by atoms with Gasteiger partial charge in [0, 0.05) is 44.4 Å². The van der Waals surface area contributed by atoms with Crippen LogP contribution in [-0.4, -0.2) is 0 Å². The third-order valence-electron chi connectivity index (χ3n) is 4.23. The molecule has 0 N–H and O–H groups in total. The normalized spacial score (nSPS) is 26.8. The van der Waals surface area contributed by atoms with Gasteiger partial charge in [0.2, 0.25) is 0 Å². The van der Waals surface area contributed by atoms with Gasteiger partial charge in [0.15, 0.2) is 0 Å². The van der Waals surface area contributed by atoms with Gasteiger partial charge in [0.1, 0.15) is 0 Å². The molecule has 0 amide bonds. The van der Waals surface area contributed by atoms with E-state index >= 15 is 0 Å². The molecule has 5 rings (SSSR count). The van der Waals surface area contributed by atoms with E-state index in [1.54, 1.807) is 0 Å². The zero-order valence-electron chi connectivity index (χ0n) is 12.8. The molecule has 0 aromatic heterocycles. The second kappa shape index (κ2) is 9.09. The van der Waals surface area contributed by atoms with Crippen LogP contribution in [0.3, 0.4) is 0 Å².